The lowest BCUT2D eigenvalue weighted by molar-refractivity contribution is 0.697. The fourth-order valence-electron chi connectivity index (χ4n) is 4.02. The average molecular weight is 392 g/mol. The molecule has 0 saturated heterocycles. The van der Waals surface area contributed by atoms with Crippen LogP contribution in [0.25, 0.3) is 22.2 Å². The maximum Gasteiger partial charge on any atom is 0.225 e. The minimum atomic E-state index is 0.659. The van der Waals surface area contributed by atoms with Crippen molar-refractivity contribution < 1.29 is 0 Å². The van der Waals surface area contributed by atoms with Gasteiger partial charge in [0.15, 0.2) is 0 Å². The van der Waals surface area contributed by atoms with Crippen LogP contribution in [-0.2, 0) is 13.0 Å². The van der Waals surface area contributed by atoms with Gasteiger partial charge < -0.3 is 4.90 Å². The summed E-state index contributed by atoms with van der Waals surface area (Å²) < 4.78 is 0. The first-order valence-electron chi connectivity index (χ1n) is 9.53. The highest BCUT2D eigenvalue weighted by Gasteiger charge is 2.27. The van der Waals surface area contributed by atoms with Gasteiger partial charge in [-0.15, -0.1) is 0 Å². The fourth-order valence-corrected chi connectivity index (χ4v) is 4.23. The summed E-state index contributed by atoms with van der Waals surface area (Å²) in [5.41, 5.74) is 6.42. The zero-order valence-electron chi connectivity index (χ0n) is 15.1. The van der Waals surface area contributed by atoms with Crippen molar-refractivity contribution in [2.75, 3.05) is 11.4 Å². The van der Waals surface area contributed by atoms with Crippen molar-refractivity contribution in [2.24, 2.45) is 0 Å². The highest BCUT2D eigenvalue weighted by molar-refractivity contribution is 6.35. The number of fused-ring (bicyclic) bond motifs is 2. The van der Waals surface area contributed by atoms with E-state index >= 15 is 0 Å². The summed E-state index contributed by atoms with van der Waals surface area (Å²) in [6.45, 7) is 1.60. The number of aromatic nitrogens is 6. The summed E-state index contributed by atoms with van der Waals surface area (Å²) in [5.74, 6) is 1.46. The molecule has 140 valence electrons. The Hall–Kier alpha value is -2.93. The van der Waals surface area contributed by atoms with E-state index in [1.54, 1.807) is 6.20 Å². The standard InChI is InChI=1S/C20H18ClN7/c21-16-4-3-13(14-9-24-26-19(14)16)18-15-10-28(6-5-17(15)25-27-18)20-22-7-12(8-23-20)11-1-2-11/h3-4,7-9,11H,1-2,5-6,10H2,(H,24,26)(H,25,27). The smallest absolute Gasteiger partial charge is 0.225 e. The molecule has 6 rings (SSSR count). The highest BCUT2D eigenvalue weighted by Crippen LogP contribution is 2.40. The molecule has 2 N–H and O–H groups in total. The van der Waals surface area contributed by atoms with E-state index in [0.717, 1.165) is 47.6 Å². The van der Waals surface area contributed by atoms with Crippen molar-refractivity contribution in [3.05, 3.63) is 52.6 Å². The number of benzene rings is 1. The minimum Gasteiger partial charge on any atom is -0.336 e. The molecule has 4 aromatic rings. The SMILES string of the molecule is Clc1ccc(-c2n[nH]c3c2CN(c2ncc(C4CC4)cn2)CC3)c2cn[nH]c12. The third-order valence-electron chi connectivity index (χ3n) is 5.74. The van der Waals surface area contributed by atoms with Gasteiger partial charge in [-0.1, -0.05) is 17.7 Å². The van der Waals surface area contributed by atoms with E-state index in [4.69, 9.17) is 11.6 Å². The van der Waals surface area contributed by atoms with Crippen molar-refractivity contribution >= 4 is 28.5 Å². The summed E-state index contributed by atoms with van der Waals surface area (Å²) in [6.07, 6.45) is 9.19. The lowest BCUT2D eigenvalue weighted by Gasteiger charge is -2.27. The molecule has 1 aliphatic carbocycles. The van der Waals surface area contributed by atoms with Crippen LogP contribution < -0.4 is 4.90 Å². The monoisotopic (exact) mass is 391 g/mol. The predicted octanol–water partition coefficient (Wildman–Crippen LogP) is 3.84. The molecule has 1 fully saturated rings. The van der Waals surface area contributed by atoms with E-state index in [-0.39, 0.29) is 0 Å². The second-order valence-electron chi connectivity index (χ2n) is 7.55. The first-order valence-corrected chi connectivity index (χ1v) is 9.90. The van der Waals surface area contributed by atoms with Crippen LogP contribution >= 0.6 is 11.6 Å². The topological polar surface area (TPSA) is 86.4 Å². The van der Waals surface area contributed by atoms with Crippen molar-refractivity contribution in [2.45, 2.75) is 31.7 Å². The Morgan fingerprint density at radius 2 is 1.93 bits per heavy atom. The van der Waals surface area contributed by atoms with Gasteiger partial charge in [0, 0.05) is 54.1 Å². The molecule has 0 radical (unpaired) electrons. The van der Waals surface area contributed by atoms with Crippen LogP contribution in [0, 0.1) is 0 Å². The Balaban J connectivity index is 1.37. The lowest BCUT2D eigenvalue weighted by atomic mass is 9.99. The summed E-state index contributed by atoms with van der Waals surface area (Å²) in [6, 6.07) is 3.90. The van der Waals surface area contributed by atoms with Gasteiger partial charge in [0.2, 0.25) is 5.95 Å². The summed E-state index contributed by atoms with van der Waals surface area (Å²) >= 11 is 6.29. The Morgan fingerprint density at radius 1 is 1.07 bits per heavy atom. The van der Waals surface area contributed by atoms with E-state index < -0.39 is 0 Å². The fraction of sp³-hybridized carbons (Fsp3) is 0.300. The van der Waals surface area contributed by atoms with Gasteiger partial charge in [0.25, 0.3) is 0 Å². The number of rotatable bonds is 3. The summed E-state index contributed by atoms with van der Waals surface area (Å²) in [5, 5.41) is 16.6. The molecule has 4 heterocycles. The normalized spacial score (nSPS) is 16.5. The van der Waals surface area contributed by atoms with Gasteiger partial charge >= 0.3 is 0 Å². The number of H-pyrrole nitrogens is 2. The van der Waals surface area contributed by atoms with Crippen molar-refractivity contribution in [3.63, 3.8) is 0 Å². The maximum absolute atomic E-state index is 6.29. The van der Waals surface area contributed by atoms with Crippen LogP contribution in [0.5, 0.6) is 0 Å². The second kappa shape index (κ2) is 6.04. The lowest BCUT2D eigenvalue weighted by Crippen LogP contribution is -2.31. The Bertz CT molecular complexity index is 1170. The highest BCUT2D eigenvalue weighted by atomic mass is 35.5. The zero-order chi connectivity index (χ0) is 18.7. The summed E-state index contributed by atoms with van der Waals surface area (Å²) in [7, 11) is 0. The number of hydrogen-bond donors (Lipinski definition) is 2. The Kier molecular flexibility index (Phi) is 3.46. The predicted molar refractivity (Wildman–Crippen MR) is 107 cm³/mol. The number of halogens is 1. The quantitative estimate of drug-likeness (QED) is 0.554. The molecule has 7 nitrogen and oxygen atoms in total. The van der Waals surface area contributed by atoms with Crippen LogP contribution in [-0.4, -0.2) is 36.9 Å². The molecule has 1 aliphatic heterocycles. The molecule has 0 bridgehead atoms. The first-order chi connectivity index (χ1) is 13.8. The molecule has 0 spiro atoms. The Labute approximate surface area is 166 Å². The largest absolute Gasteiger partial charge is 0.336 e. The molecule has 3 aromatic heterocycles. The number of aromatic amines is 2. The third-order valence-corrected chi connectivity index (χ3v) is 6.06. The van der Waals surface area contributed by atoms with Crippen LogP contribution in [0.2, 0.25) is 5.02 Å². The van der Waals surface area contributed by atoms with Gasteiger partial charge in [-0.2, -0.15) is 10.2 Å². The van der Waals surface area contributed by atoms with Gasteiger partial charge in [-0.05, 0) is 30.4 Å². The third kappa shape index (κ3) is 2.50. The van der Waals surface area contributed by atoms with Gasteiger partial charge in [-0.3, -0.25) is 10.2 Å². The number of nitrogens with one attached hydrogen (secondary N) is 2. The molecule has 8 heteroatoms. The molecule has 0 unspecified atom stereocenters. The minimum absolute atomic E-state index is 0.659. The molecular weight excluding hydrogens is 374 g/mol. The molecule has 0 amide bonds. The molecule has 2 aliphatic rings. The molecule has 28 heavy (non-hydrogen) atoms. The van der Waals surface area contributed by atoms with E-state index in [2.05, 4.69) is 35.3 Å². The van der Waals surface area contributed by atoms with Gasteiger partial charge in [-0.25, -0.2) is 9.97 Å². The number of hydrogen-bond acceptors (Lipinski definition) is 5. The molecular formula is C20H18ClN7. The van der Waals surface area contributed by atoms with Crippen molar-refractivity contribution in [3.8, 4) is 11.3 Å². The summed E-state index contributed by atoms with van der Waals surface area (Å²) in [4.78, 5) is 11.5. The average Bonchev–Trinajstić information content (AvgIpc) is 3.30. The second-order valence-corrected chi connectivity index (χ2v) is 7.95. The van der Waals surface area contributed by atoms with Crippen molar-refractivity contribution in [1.82, 2.24) is 30.4 Å². The number of anilines is 1. The van der Waals surface area contributed by atoms with E-state index in [9.17, 15) is 0 Å². The number of nitrogens with zero attached hydrogens (tertiary/aromatic N) is 5. The molecule has 1 saturated carbocycles. The van der Waals surface area contributed by atoms with Gasteiger partial charge in [0.05, 0.1) is 22.4 Å². The maximum atomic E-state index is 6.29. The molecule has 0 atom stereocenters. The van der Waals surface area contributed by atoms with Crippen LogP contribution in [0.3, 0.4) is 0 Å². The van der Waals surface area contributed by atoms with Crippen LogP contribution in [0.4, 0.5) is 5.95 Å². The zero-order valence-corrected chi connectivity index (χ0v) is 15.9. The van der Waals surface area contributed by atoms with Gasteiger partial charge in [0.1, 0.15) is 0 Å². The van der Waals surface area contributed by atoms with Crippen molar-refractivity contribution in [1.29, 1.82) is 0 Å². The van der Waals surface area contributed by atoms with E-state index in [0.29, 0.717) is 10.9 Å². The first kappa shape index (κ1) is 16.1. The Morgan fingerprint density at radius 3 is 2.75 bits per heavy atom. The molecule has 1 aromatic carbocycles. The van der Waals surface area contributed by atoms with E-state index in [1.165, 1.54) is 29.7 Å². The van der Waals surface area contributed by atoms with Crippen LogP contribution in [0.1, 0.15) is 35.6 Å². The van der Waals surface area contributed by atoms with Crippen LogP contribution in [0.15, 0.2) is 30.7 Å². The van der Waals surface area contributed by atoms with E-state index in [1.807, 2.05) is 24.5 Å².